The van der Waals surface area contributed by atoms with E-state index in [9.17, 15) is 0 Å². The van der Waals surface area contributed by atoms with E-state index in [0.717, 1.165) is 34.7 Å². The van der Waals surface area contributed by atoms with Crippen LogP contribution in [-0.4, -0.2) is 28.4 Å². The van der Waals surface area contributed by atoms with Crippen LogP contribution < -0.4 is 11.1 Å². The van der Waals surface area contributed by atoms with Gasteiger partial charge in [-0.25, -0.2) is 4.98 Å². The molecule has 4 rings (SSSR count). The number of aromatic nitrogens is 2. The molecule has 0 saturated carbocycles. The molecule has 3 aromatic rings. The highest BCUT2D eigenvalue weighted by atomic mass is 32.1. The first-order chi connectivity index (χ1) is 14.0. The number of fused-ring (bicyclic) bond motifs is 1. The number of nitrogens with zero attached hydrogens (tertiary/aromatic N) is 2. The Balaban J connectivity index is 0.000000252. The van der Waals surface area contributed by atoms with Gasteiger partial charge in [0.25, 0.3) is 0 Å². The fourth-order valence-electron chi connectivity index (χ4n) is 3.60. The summed E-state index contributed by atoms with van der Waals surface area (Å²) in [4.78, 5) is 5.62. The lowest BCUT2D eigenvalue weighted by molar-refractivity contribution is 0.483. The van der Waals surface area contributed by atoms with Crippen molar-refractivity contribution in [1.29, 1.82) is 5.41 Å². The molecule has 0 aliphatic carbocycles. The molecule has 0 spiro atoms. The number of nitrogens with two attached hydrogens (primary N) is 1. The first kappa shape index (κ1) is 21.1. The zero-order valence-electron chi connectivity index (χ0n) is 17.0. The van der Waals surface area contributed by atoms with Crippen LogP contribution in [0.2, 0.25) is 0 Å². The predicted octanol–water partition coefficient (Wildman–Crippen LogP) is 4.27. The van der Waals surface area contributed by atoms with Crippen molar-refractivity contribution in [2.45, 2.75) is 37.8 Å². The number of hydrogen-bond donors (Lipinski definition) is 4. The number of hydrogen-bond acceptors (Lipinski definition) is 5. The van der Waals surface area contributed by atoms with Gasteiger partial charge in [-0.2, -0.15) is 0 Å². The molecule has 2 atom stereocenters. The summed E-state index contributed by atoms with van der Waals surface area (Å²) in [5, 5.41) is 10.8. The van der Waals surface area contributed by atoms with Crippen molar-refractivity contribution < 1.29 is 0 Å². The molecule has 1 saturated heterocycles. The van der Waals surface area contributed by atoms with Crippen LogP contribution in [0.4, 0.5) is 0 Å². The van der Waals surface area contributed by atoms with Gasteiger partial charge in [0, 0.05) is 41.7 Å². The number of pyridine rings is 1. The number of nitrogens with one attached hydrogen (secondary N) is 2. The summed E-state index contributed by atoms with van der Waals surface area (Å²) in [6.07, 6.45) is 5.97. The molecule has 1 aliphatic heterocycles. The number of allylic oxidation sites excluding steroid dienone is 1. The van der Waals surface area contributed by atoms with Crippen molar-refractivity contribution in [3.05, 3.63) is 66.1 Å². The van der Waals surface area contributed by atoms with Gasteiger partial charge in [0.2, 0.25) is 0 Å². The molecular formula is C23H29N5S. The Morgan fingerprint density at radius 1 is 1.28 bits per heavy atom. The van der Waals surface area contributed by atoms with Gasteiger partial charge in [0.05, 0.1) is 16.7 Å². The van der Waals surface area contributed by atoms with Crippen LogP contribution in [0.25, 0.3) is 16.6 Å². The zero-order valence-corrected chi connectivity index (χ0v) is 17.9. The molecule has 3 heterocycles. The molecule has 29 heavy (non-hydrogen) atoms. The molecule has 6 heteroatoms. The topological polar surface area (TPSA) is 79.7 Å². The van der Waals surface area contributed by atoms with Crippen molar-refractivity contribution in [2.24, 2.45) is 11.7 Å². The third kappa shape index (κ3) is 5.49. The monoisotopic (exact) mass is 407 g/mol. The highest BCUT2D eigenvalue weighted by Crippen LogP contribution is 2.21. The van der Waals surface area contributed by atoms with Crippen molar-refractivity contribution in [2.75, 3.05) is 6.54 Å². The lowest BCUT2D eigenvalue weighted by Crippen LogP contribution is -2.17. The summed E-state index contributed by atoms with van der Waals surface area (Å²) < 4.78 is 2.27. The van der Waals surface area contributed by atoms with Crippen molar-refractivity contribution in [3.8, 4) is 0 Å². The smallest absolute Gasteiger partial charge is 0.0888 e. The minimum absolute atomic E-state index is 0.617. The first-order valence-electron chi connectivity index (χ1n) is 9.87. The van der Waals surface area contributed by atoms with Crippen LogP contribution in [0.15, 0.2) is 59.8 Å². The standard InChI is InChI=1S/C16H21N5.C7H8S/c1-11-6-12(9-19-11)10-21-5-4-15-16(21)3-2-14(20-15)13(7-17)8-18;1-6-2-4-7(8)5-3-6/h2-5,7-8,11-12,17,19H,6,9-10,18H2,1H3;2-5,8H,1H3/b13-8+,17-7?;. The molecular weight excluding hydrogens is 378 g/mol. The molecule has 0 bridgehead atoms. The Bertz CT molecular complexity index is 969. The van der Waals surface area contributed by atoms with Crippen molar-refractivity contribution in [1.82, 2.24) is 14.9 Å². The minimum atomic E-state index is 0.617. The SMILES string of the molecule is CC1CC(Cn2ccc3nc(/C(C=N)=C/N)ccc32)CN1.Cc1ccc(S)cc1. The Kier molecular flexibility index (Phi) is 7.12. The number of thiol groups is 1. The summed E-state index contributed by atoms with van der Waals surface area (Å²) >= 11 is 4.13. The predicted molar refractivity (Wildman–Crippen MR) is 125 cm³/mol. The van der Waals surface area contributed by atoms with E-state index >= 15 is 0 Å². The Morgan fingerprint density at radius 3 is 2.62 bits per heavy atom. The summed E-state index contributed by atoms with van der Waals surface area (Å²) in [6.45, 7) is 6.40. The molecule has 152 valence electrons. The summed E-state index contributed by atoms with van der Waals surface area (Å²) in [7, 11) is 0. The highest BCUT2D eigenvalue weighted by molar-refractivity contribution is 7.80. The maximum atomic E-state index is 7.35. The lowest BCUT2D eigenvalue weighted by atomic mass is 10.1. The maximum Gasteiger partial charge on any atom is 0.0888 e. The fourth-order valence-corrected chi connectivity index (χ4v) is 3.75. The van der Waals surface area contributed by atoms with Crippen LogP contribution >= 0.6 is 12.6 Å². The third-order valence-corrected chi connectivity index (χ3v) is 5.48. The van der Waals surface area contributed by atoms with Gasteiger partial charge in [-0.05, 0) is 63.1 Å². The molecule has 5 nitrogen and oxygen atoms in total. The van der Waals surface area contributed by atoms with Gasteiger partial charge in [-0.3, -0.25) is 0 Å². The van der Waals surface area contributed by atoms with Gasteiger partial charge in [0.15, 0.2) is 0 Å². The van der Waals surface area contributed by atoms with E-state index in [0.29, 0.717) is 17.5 Å². The van der Waals surface area contributed by atoms with E-state index in [4.69, 9.17) is 11.1 Å². The summed E-state index contributed by atoms with van der Waals surface area (Å²) in [6, 6.07) is 14.7. The van der Waals surface area contributed by atoms with Crippen molar-refractivity contribution >= 4 is 35.4 Å². The quantitative estimate of drug-likeness (QED) is 0.385. The molecule has 1 fully saturated rings. The van der Waals surface area contributed by atoms with Crippen LogP contribution in [-0.2, 0) is 6.54 Å². The zero-order chi connectivity index (χ0) is 20.8. The fraction of sp³-hybridized carbons (Fsp3) is 0.304. The van der Waals surface area contributed by atoms with Gasteiger partial charge in [-0.1, -0.05) is 17.7 Å². The normalized spacial score (nSPS) is 19.1. The third-order valence-electron chi connectivity index (χ3n) is 5.19. The Labute approximate surface area is 177 Å². The average Bonchev–Trinajstić information content (AvgIpc) is 3.32. The van der Waals surface area contributed by atoms with E-state index in [-0.39, 0.29) is 0 Å². The van der Waals surface area contributed by atoms with E-state index in [2.05, 4.69) is 53.6 Å². The number of aryl methyl sites for hydroxylation is 1. The molecule has 2 unspecified atom stereocenters. The first-order valence-corrected chi connectivity index (χ1v) is 10.3. The lowest BCUT2D eigenvalue weighted by Gasteiger charge is -2.11. The minimum Gasteiger partial charge on any atom is -0.404 e. The summed E-state index contributed by atoms with van der Waals surface area (Å²) in [5.74, 6) is 0.677. The van der Waals surface area contributed by atoms with E-state index in [1.165, 1.54) is 24.4 Å². The van der Waals surface area contributed by atoms with Crippen LogP contribution in [0.1, 0.15) is 24.6 Å². The van der Waals surface area contributed by atoms with Crippen molar-refractivity contribution in [3.63, 3.8) is 0 Å². The Morgan fingerprint density at radius 2 is 2.03 bits per heavy atom. The number of benzene rings is 1. The molecule has 4 N–H and O–H groups in total. The van der Waals surface area contributed by atoms with Crippen LogP contribution in [0.3, 0.4) is 0 Å². The Hall–Kier alpha value is -2.57. The summed E-state index contributed by atoms with van der Waals surface area (Å²) in [5.41, 5.74) is 10.3. The second-order valence-electron chi connectivity index (χ2n) is 7.58. The van der Waals surface area contributed by atoms with Gasteiger partial charge >= 0.3 is 0 Å². The molecule has 1 aliphatic rings. The van der Waals surface area contributed by atoms with Gasteiger partial charge in [-0.15, -0.1) is 12.6 Å². The second kappa shape index (κ2) is 9.76. The van der Waals surface area contributed by atoms with E-state index < -0.39 is 0 Å². The highest BCUT2D eigenvalue weighted by Gasteiger charge is 2.21. The average molecular weight is 408 g/mol. The van der Waals surface area contributed by atoms with E-state index in [1.807, 2.05) is 36.4 Å². The molecule has 0 amide bonds. The van der Waals surface area contributed by atoms with Gasteiger partial charge in [0.1, 0.15) is 0 Å². The van der Waals surface area contributed by atoms with E-state index in [1.54, 1.807) is 0 Å². The van der Waals surface area contributed by atoms with Crippen LogP contribution in [0.5, 0.6) is 0 Å². The largest absolute Gasteiger partial charge is 0.404 e. The molecule has 1 aromatic carbocycles. The molecule has 2 aromatic heterocycles. The number of rotatable bonds is 4. The maximum absolute atomic E-state index is 7.35. The van der Waals surface area contributed by atoms with Crippen LogP contribution in [0, 0.1) is 18.3 Å². The second-order valence-corrected chi connectivity index (χ2v) is 8.10. The van der Waals surface area contributed by atoms with Gasteiger partial charge < -0.3 is 21.0 Å². The molecule has 0 radical (unpaired) electrons.